The Morgan fingerprint density at radius 1 is 1.32 bits per heavy atom. The van der Waals surface area contributed by atoms with E-state index in [1.807, 2.05) is 4.57 Å². The maximum absolute atomic E-state index is 13.5. The quantitative estimate of drug-likeness (QED) is 0.193. The Labute approximate surface area is 199 Å². The van der Waals surface area contributed by atoms with Gasteiger partial charge in [0.05, 0.1) is 21.6 Å². The van der Waals surface area contributed by atoms with Gasteiger partial charge in [-0.3, -0.25) is 14.9 Å². The predicted molar refractivity (Wildman–Crippen MR) is 127 cm³/mol. The van der Waals surface area contributed by atoms with E-state index >= 15 is 0 Å². The summed E-state index contributed by atoms with van der Waals surface area (Å²) in [6.45, 7) is 2.64. The van der Waals surface area contributed by atoms with Gasteiger partial charge in [-0.1, -0.05) is 11.6 Å². The minimum Gasteiger partial charge on any atom is -0.392 e. The molecule has 12 heteroatoms. The molecule has 0 spiro atoms. The fraction of sp³-hybridized carbons (Fsp3) is 0.273. The molecule has 0 aliphatic heterocycles. The summed E-state index contributed by atoms with van der Waals surface area (Å²) in [7, 11) is 0. The van der Waals surface area contributed by atoms with Crippen LogP contribution in [0.5, 0.6) is 0 Å². The van der Waals surface area contributed by atoms with Gasteiger partial charge in [-0.15, -0.1) is 0 Å². The summed E-state index contributed by atoms with van der Waals surface area (Å²) in [4.78, 5) is 26.9. The van der Waals surface area contributed by atoms with Crippen molar-refractivity contribution in [1.29, 1.82) is 0 Å². The Bertz CT molecular complexity index is 1200. The number of aliphatic hydroxyl groups is 1. The zero-order valence-corrected chi connectivity index (χ0v) is 19.1. The molecule has 1 aromatic carbocycles. The molecule has 0 radical (unpaired) electrons. The number of amides is 1. The molecule has 3 rings (SSSR count). The van der Waals surface area contributed by atoms with Crippen molar-refractivity contribution < 1.29 is 19.2 Å². The number of carbonyl (C=O) groups is 1. The van der Waals surface area contributed by atoms with Crippen molar-refractivity contribution in [3.05, 3.63) is 69.2 Å². The summed E-state index contributed by atoms with van der Waals surface area (Å²) < 4.78 is 15.3. The highest BCUT2D eigenvalue weighted by Crippen LogP contribution is 2.32. The zero-order valence-electron chi connectivity index (χ0n) is 18.3. The normalized spacial score (nSPS) is 11.8. The number of benzene rings is 1. The van der Waals surface area contributed by atoms with Crippen LogP contribution in [0.25, 0.3) is 11.1 Å². The summed E-state index contributed by atoms with van der Waals surface area (Å²) in [5, 5.41) is 26.2. The minimum absolute atomic E-state index is 0.0793. The summed E-state index contributed by atoms with van der Waals surface area (Å²) in [6.07, 6.45) is 3.32. The lowest BCUT2D eigenvalue weighted by Crippen LogP contribution is -2.30. The van der Waals surface area contributed by atoms with E-state index in [9.17, 15) is 24.4 Å². The Morgan fingerprint density at radius 2 is 2.09 bits per heavy atom. The van der Waals surface area contributed by atoms with Gasteiger partial charge < -0.3 is 26.0 Å². The lowest BCUT2D eigenvalue weighted by Gasteiger charge is -2.09. The third-order valence-electron chi connectivity index (χ3n) is 4.90. The maximum atomic E-state index is 13.5. The van der Waals surface area contributed by atoms with Crippen molar-refractivity contribution in [3.63, 3.8) is 0 Å². The Kier molecular flexibility index (Phi) is 8.03. The van der Waals surface area contributed by atoms with E-state index < -0.39 is 22.8 Å². The standard InChI is InChI=1S/C22H24ClFN6O4/c1-13(31)10-27-22(32)17-12-29(11-16(17)15-4-3-14(24)9-18(15)23)8-2-7-26-20-6-5-19(30(33)34)21(25)28-20/h3-6,9,11-13,31H,2,7-8,10H2,1H3,(H,27,32)(H3,25,26,28)/t13-/m0/s1. The van der Waals surface area contributed by atoms with Crippen molar-refractivity contribution in [2.45, 2.75) is 26.0 Å². The van der Waals surface area contributed by atoms with Crippen LogP contribution in [0.3, 0.4) is 0 Å². The molecule has 1 amide bonds. The van der Waals surface area contributed by atoms with Gasteiger partial charge in [0.25, 0.3) is 5.91 Å². The van der Waals surface area contributed by atoms with E-state index in [-0.39, 0.29) is 23.1 Å². The fourth-order valence-electron chi connectivity index (χ4n) is 3.27. The van der Waals surface area contributed by atoms with Crippen LogP contribution >= 0.6 is 11.6 Å². The Balaban J connectivity index is 1.72. The number of nitrogen functional groups attached to an aromatic ring is 1. The number of nitro groups is 1. The summed E-state index contributed by atoms with van der Waals surface area (Å²) in [5.41, 5.74) is 6.72. The largest absolute Gasteiger partial charge is 0.392 e. The SMILES string of the molecule is C[C@H](O)CNC(=O)c1cn(CCCNc2ccc([N+](=O)[O-])c(N)n2)cc1-c1ccc(F)cc1Cl. The van der Waals surface area contributed by atoms with Gasteiger partial charge in [0.2, 0.25) is 5.82 Å². The summed E-state index contributed by atoms with van der Waals surface area (Å²) in [6, 6.07) is 6.72. The van der Waals surface area contributed by atoms with Gasteiger partial charge >= 0.3 is 5.69 Å². The van der Waals surface area contributed by atoms with Gasteiger partial charge in [-0.2, -0.15) is 0 Å². The van der Waals surface area contributed by atoms with Crippen molar-refractivity contribution in [3.8, 4) is 11.1 Å². The van der Waals surface area contributed by atoms with E-state index in [4.69, 9.17) is 17.3 Å². The molecule has 2 heterocycles. The number of hydrogen-bond acceptors (Lipinski definition) is 7. The lowest BCUT2D eigenvalue weighted by molar-refractivity contribution is -0.384. The lowest BCUT2D eigenvalue weighted by atomic mass is 10.0. The van der Waals surface area contributed by atoms with Crippen molar-refractivity contribution >= 4 is 34.8 Å². The molecule has 0 aliphatic rings. The van der Waals surface area contributed by atoms with Gasteiger partial charge in [0.1, 0.15) is 11.6 Å². The number of anilines is 2. The van der Waals surface area contributed by atoms with Crippen molar-refractivity contribution in [1.82, 2.24) is 14.9 Å². The van der Waals surface area contributed by atoms with Crippen LogP contribution in [0.1, 0.15) is 23.7 Å². The molecule has 2 aromatic heterocycles. The number of aryl methyl sites for hydroxylation is 1. The predicted octanol–water partition coefficient (Wildman–Crippen LogP) is 3.45. The van der Waals surface area contributed by atoms with Crippen LogP contribution in [0.2, 0.25) is 5.02 Å². The molecule has 3 aromatic rings. The Morgan fingerprint density at radius 3 is 2.74 bits per heavy atom. The third kappa shape index (κ3) is 6.21. The molecule has 5 N–H and O–H groups in total. The zero-order chi connectivity index (χ0) is 24.8. The molecular formula is C22H24ClFN6O4. The number of nitrogens with two attached hydrogens (primary N) is 1. The van der Waals surface area contributed by atoms with Gasteiger partial charge in [0.15, 0.2) is 0 Å². The number of nitrogens with zero attached hydrogens (tertiary/aromatic N) is 3. The first-order chi connectivity index (χ1) is 16.2. The second-order valence-electron chi connectivity index (χ2n) is 7.64. The summed E-state index contributed by atoms with van der Waals surface area (Å²) >= 11 is 6.23. The topological polar surface area (TPSA) is 148 Å². The number of hydrogen-bond donors (Lipinski definition) is 4. The average molecular weight is 491 g/mol. The number of carbonyl (C=O) groups excluding carboxylic acids is 1. The first-order valence-corrected chi connectivity index (χ1v) is 10.8. The van der Waals surface area contributed by atoms with Crippen LogP contribution < -0.4 is 16.4 Å². The van der Waals surface area contributed by atoms with Crippen molar-refractivity contribution in [2.24, 2.45) is 0 Å². The van der Waals surface area contributed by atoms with Crippen molar-refractivity contribution in [2.75, 3.05) is 24.1 Å². The second kappa shape index (κ2) is 10.9. The van der Waals surface area contributed by atoms with E-state index in [2.05, 4.69) is 15.6 Å². The Hall–Kier alpha value is -3.70. The monoisotopic (exact) mass is 490 g/mol. The maximum Gasteiger partial charge on any atom is 0.311 e. The molecule has 0 saturated heterocycles. The number of pyridine rings is 1. The molecule has 34 heavy (non-hydrogen) atoms. The van der Waals surface area contributed by atoms with Gasteiger partial charge in [-0.05, 0) is 37.6 Å². The van der Waals surface area contributed by atoms with Crippen LogP contribution in [0.15, 0.2) is 42.7 Å². The molecule has 1 atom stereocenters. The van der Waals surface area contributed by atoms with E-state index in [1.54, 1.807) is 19.3 Å². The molecule has 0 saturated carbocycles. The number of aliphatic hydroxyl groups excluding tert-OH is 1. The molecule has 0 fully saturated rings. The van der Waals surface area contributed by atoms with E-state index in [0.717, 1.165) is 0 Å². The number of halogens is 2. The van der Waals surface area contributed by atoms with Gasteiger partial charge in [-0.25, -0.2) is 9.37 Å². The fourth-order valence-corrected chi connectivity index (χ4v) is 3.54. The molecule has 0 bridgehead atoms. The first-order valence-electron chi connectivity index (χ1n) is 10.4. The smallest absolute Gasteiger partial charge is 0.311 e. The first kappa shape index (κ1) is 24.9. The highest BCUT2D eigenvalue weighted by molar-refractivity contribution is 6.33. The molecular weight excluding hydrogens is 467 g/mol. The molecule has 0 unspecified atom stereocenters. The average Bonchev–Trinajstić information content (AvgIpc) is 3.18. The van der Waals surface area contributed by atoms with E-state index in [1.165, 1.54) is 30.3 Å². The number of aromatic nitrogens is 2. The van der Waals surface area contributed by atoms with Crippen LogP contribution in [-0.2, 0) is 6.54 Å². The van der Waals surface area contributed by atoms with Crippen LogP contribution in [-0.4, -0.2) is 44.7 Å². The van der Waals surface area contributed by atoms with E-state index in [0.29, 0.717) is 42.0 Å². The highest BCUT2D eigenvalue weighted by atomic mass is 35.5. The number of rotatable bonds is 10. The highest BCUT2D eigenvalue weighted by Gasteiger charge is 2.19. The summed E-state index contributed by atoms with van der Waals surface area (Å²) in [5.74, 6) is -0.639. The van der Waals surface area contributed by atoms with Gasteiger partial charge in [0, 0.05) is 49.2 Å². The number of nitrogens with one attached hydrogen (secondary N) is 2. The molecule has 10 nitrogen and oxygen atoms in total. The second-order valence-corrected chi connectivity index (χ2v) is 8.05. The minimum atomic E-state index is -0.711. The molecule has 180 valence electrons. The third-order valence-corrected chi connectivity index (χ3v) is 5.21. The van der Waals surface area contributed by atoms with Crippen LogP contribution in [0, 0.1) is 15.9 Å². The van der Waals surface area contributed by atoms with Crippen LogP contribution in [0.4, 0.5) is 21.7 Å². The molecule has 0 aliphatic carbocycles.